The van der Waals surface area contributed by atoms with Crippen molar-refractivity contribution in [2.75, 3.05) is 0 Å². The van der Waals surface area contributed by atoms with Crippen molar-refractivity contribution in [3.63, 3.8) is 0 Å². The molecular formula is C42H45AuN4+2. The summed E-state index contributed by atoms with van der Waals surface area (Å²) < 4.78 is 4.64. The molecule has 2 aromatic heterocycles. The van der Waals surface area contributed by atoms with E-state index in [9.17, 15) is 0 Å². The molecule has 0 atom stereocenters. The molecule has 0 bridgehead atoms. The van der Waals surface area contributed by atoms with Gasteiger partial charge < -0.3 is 4.98 Å². The summed E-state index contributed by atoms with van der Waals surface area (Å²) in [6.45, 7) is 18.3. The van der Waals surface area contributed by atoms with Crippen LogP contribution in [0.3, 0.4) is 0 Å². The molecule has 7 rings (SSSR count). The Morgan fingerprint density at radius 3 is 1.40 bits per heavy atom. The SMILES string of the molecule is CC(C)c1cccc(C(C)C)c1[N+]1=C=[N+](c2c(C(C)C)cccc2C(C)C)c2ccccc21.[Au+].c1ccc2c(c1)[n-]c1cnccc12. The topological polar surface area (TPSA) is 33.0 Å². The first-order valence-electron chi connectivity index (χ1n) is 16.6. The van der Waals surface area contributed by atoms with Crippen LogP contribution >= 0.6 is 0 Å². The van der Waals surface area contributed by atoms with Crippen molar-refractivity contribution in [2.45, 2.75) is 79.1 Å². The molecule has 242 valence electrons. The Balaban J connectivity index is 0.000000256. The van der Waals surface area contributed by atoms with Gasteiger partial charge in [0.1, 0.15) is 0 Å². The minimum atomic E-state index is 0. The van der Waals surface area contributed by atoms with Crippen LogP contribution in [0.5, 0.6) is 0 Å². The summed E-state index contributed by atoms with van der Waals surface area (Å²) in [5.41, 5.74) is 12.4. The molecule has 4 aromatic carbocycles. The van der Waals surface area contributed by atoms with E-state index in [4.69, 9.17) is 0 Å². The van der Waals surface area contributed by atoms with E-state index in [1.807, 2.05) is 24.3 Å². The standard InChI is InChI=1S/C31H38N2.C11H7N2.Au/c1-20(2)24-13-11-14-25(21(3)4)30(24)32-19-33(29-18-10-9-17-28(29)32)31-26(22(5)6)15-12-16-27(31)23(7)8;1-2-4-10-8(3-1)9-5-6-12-7-11(9)13-10;/h9-18,20-23H,1-8H3;1-7H;/q+2;-1;+1. The summed E-state index contributed by atoms with van der Waals surface area (Å²) in [6.07, 6.45) is 3.60. The number of pyridine rings is 1. The van der Waals surface area contributed by atoms with Crippen molar-refractivity contribution in [1.29, 1.82) is 0 Å². The molecule has 47 heavy (non-hydrogen) atoms. The Kier molecular flexibility index (Phi) is 10.5. The van der Waals surface area contributed by atoms with Gasteiger partial charge in [0, 0.05) is 46.8 Å². The Labute approximate surface area is 295 Å². The molecule has 0 amide bonds. The Hall–Kier alpha value is -4.05. The molecule has 0 saturated carbocycles. The smallest absolute Gasteiger partial charge is 0.656 e. The van der Waals surface area contributed by atoms with Gasteiger partial charge in [-0.2, -0.15) is 0 Å². The molecule has 0 spiro atoms. The van der Waals surface area contributed by atoms with E-state index in [-0.39, 0.29) is 22.4 Å². The van der Waals surface area contributed by atoms with Crippen molar-refractivity contribution >= 4 is 50.6 Å². The Morgan fingerprint density at radius 1 is 0.511 bits per heavy atom. The quantitative estimate of drug-likeness (QED) is 0.124. The third kappa shape index (κ3) is 6.57. The van der Waals surface area contributed by atoms with Gasteiger partial charge >= 0.3 is 28.4 Å². The number of nitrogens with zero attached hydrogens (tertiary/aromatic N) is 4. The molecule has 5 heteroatoms. The van der Waals surface area contributed by atoms with Crippen molar-refractivity contribution < 1.29 is 22.4 Å². The second-order valence-corrected chi connectivity index (χ2v) is 13.5. The molecule has 0 radical (unpaired) electrons. The van der Waals surface area contributed by atoms with Crippen molar-refractivity contribution in [3.8, 4) is 0 Å². The first-order chi connectivity index (χ1) is 22.2. The van der Waals surface area contributed by atoms with Crippen LogP contribution in [-0.4, -0.2) is 11.0 Å². The van der Waals surface area contributed by atoms with Gasteiger partial charge in [-0.05, 0) is 49.7 Å². The summed E-state index contributed by atoms with van der Waals surface area (Å²) in [5, 5.41) is 2.39. The van der Waals surface area contributed by atoms with E-state index in [2.05, 4.69) is 147 Å². The largest absolute Gasteiger partial charge is 1.00 e. The van der Waals surface area contributed by atoms with Gasteiger partial charge in [-0.25, -0.2) is 0 Å². The van der Waals surface area contributed by atoms with Crippen LogP contribution in [0.15, 0.2) is 103 Å². The summed E-state index contributed by atoms with van der Waals surface area (Å²) in [6, 6.07) is 36.3. The van der Waals surface area contributed by atoms with Gasteiger partial charge in [-0.1, -0.05) is 128 Å². The predicted octanol–water partition coefficient (Wildman–Crippen LogP) is 11.4. The van der Waals surface area contributed by atoms with E-state index < -0.39 is 0 Å². The maximum atomic E-state index is 4.45. The number of benzene rings is 4. The number of rotatable bonds is 6. The molecule has 6 aromatic rings. The zero-order valence-electron chi connectivity index (χ0n) is 28.7. The third-order valence-electron chi connectivity index (χ3n) is 8.93. The average molecular weight is 803 g/mol. The zero-order chi connectivity index (χ0) is 32.5. The summed E-state index contributed by atoms with van der Waals surface area (Å²) in [7, 11) is 0. The summed E-state index contributed by atoms with van der Waals surface area (Å²) in [4.78, 5) is 8.50. The third-order valence-corrected chi connectivity index (χ3v) is 8.93. The molecular weight excluding hydrogens is 757 g/mol. The fourth-order valence-electron chi connectivity index (χ4n) is 6.56. The van der Waals surface area contributed by atoms with Gasteiger partial charge in [0.2, 0.25) is 11.4 Å². The van der Waals surface area contributed by atoms with E-state index in [1.54, 1.807) is 12.4 Å². The van der Waals surface area contributed by atoms with E-state index in [1.165, 1.54) is 55.8 Å². The van der Waals surface area contributed by atoms with E-state index in [0.29, 0.717) is 23.7 Å². The Morgan fingerprint density at radius 2 is 0.936 bits per heavy atom. The van der Waals surface area contributed by atoms with Crippen LogP contribution in [0.2, 0.25) is 0 Å². The minimum absolute atomic E-state index is 0. The second-order valence-electron chi connectivity index (χ2n) is 13.5. The maximum absolute atomic E-state index is 4.45. The molecule has 0 unspecified atom stereocenters. The number of aromatic nitrogens is 2. The normalized spacial score (nSPS) is 12.3. The average Bonchev–Trinajstić information content (AvgIpc) is 3.63. The minimum Gasteiger partial charge on any atom is -0.656 e. The molecule has 0 aliphatic carbocycles. The van der Waals surface area contributed by atoms with Crippen LogP contribution in [0.1, 0.15) is 101 Å². The van der Waals surface area contributed by atoms with Gasteiger partial charge in [-0.3, -0.25) is 4.98 Å². The number of hydrogen-bond donors (Lipinski definition) is 0. The van der Waals surface area contributed by atoms with Crippen LogP contribution in [0.4, 0.5) is 22.7 Å². The van der Waals surface area contributed by atoms with Gasteiger partial charge in [0.15, 0.2) is 0 Å². The first-order valence-corrected chi connectivity index (χ1v) is 16.6. The van der Waals surface area contributed by atoms with Crippen LogP contribution in [-0.2, 0) is 22.4 Å². The fourth-order valence-corrected chi connectivity index (χ4v) is 6.56. The summed E-state index contributed by atoms with van der Waals surface area (Å²) >= 11 is 0. The van der Waals surface area contributed by atoms with Gasteiger partial charge in [0.25, 0.3) is 11.4 Å². The van der Waals surface area contributed by atoms with Crippen LogP contribution < -0.4 is 14.1 Å². The molecule has 1 aliphatic heterocycles. The molecule has 4 nitrogen and oxygen atoms in total. The van der Waals surface area contributed by atoms with E-state index in [0.717, 1.165) is 11.0 Å². The first kappa shape index (κ1) is 34.3. The number of para-hydroxylation sites is 5. The monoisotopic (exact) mass is 802 g/mol. The predicted molar refractivity (Wildman–Crippen MR) is 196 cm³/mol. The van der Waals surface area contributed by atoms with Crippen LogP contribution in [0.25, 0.3) is 21.8 Å². The Bertz CT molecular complexity index is 1910. The number of hydrogen-bond acceptors (Lipinski definition) is 1. The van der Waals surface area contributed by atoms with Crippen LogP contribution in [0, 0.1) is 0 Å². The second kappa shape index (κ2) is 14.4. The van der Waals surface area contributed by atoms with Gasteiger partial charge in [-0.15, -0.1) is 11.0 Å². The van der Waals surface area contributed by atoms with Gasteiger partial charge in [0.05, 0.1) is 0 Å². The molecule has 0 saturated heterocycles. The molecule has 0 fully saturated rings. The molecule has 3 heterocycles. The number of fused-ring (bicyclic) bond motifs is 4. The van der Waals surface area contributed by atoms with Crippen molar-refractivity contribution in [2.24, 2.45) is 0 Å². The van der Waals surface area contributed by atoms with Crippen molar-refractivity contribution in [3.05, 3.63) is 126 Å². The molecule has 0 N–H and O–H groups in total. The summed E-state index contributed by atoms with van der Waals surface area (Å²) in [5.74, 6) is 1.71. The zero-order valence-corrected chi connectivity index (χ0v) is 30.9. The maximum Gasteiger partial charge on any atom is 1.00 e. The van der Waals surface area contributed by atoms with E-state index >= 15 is 0 Å². The van der Waals surface area contributed by atoms with Crippen molar-refractivity contribution in [1.82, 2.24) is 19.1 Å². The molecule has 1 aliphatic rings. The fraction of sp³-hybridized carbons (Fsp3) is 0.286.